The molecular formula is C15H14F3N5O. The summed E-state index contributed by atoms with van der Waals surface area (Å²) in [6.07, 6.45) is -0.919. The van der Waals surface area contributed by atoms with Crippen LogP contribution in [0.15, 0.2) is 18.5 Å². The number of hydrogen-bond acceptors (Lipinski definition) is 3. The SMILES string of the molecule is N#Cc1c[nH]c(C(=O)N2CCCC(c3ncc(C(F)(F)F)[nH]3)C2)c1. The molecule has 1 amide bonds. The Bertz CT molecular complexity index is 786. The second-order valence-corrected chi connectivity index (χ2v) is 5.68. The molecule has 0 aliphatic carbocycles. The molecule has 9 heteroatoms. The van der Waals surface area contributed by atoms with E-state index in [9.17, 15) is 18.0 Å². The van der Waals surface area contributed by atoms with Gasteiger partial charge in [0.2, 0.25) is 0 Å². The second-order valence-electron chi connectivity index (χ2n) is 5.68. The van der Waals surface area contributed by atoms with Crippen molar-refractivity contribution in [3.63, 3.8) is 0 Å². The quantitative estimate of drug-likeness (QED) is 0.883. The van der Waals surface area contributed by atoms with Gasteiger partial charge in [-0.1, -0.05) is 0 Å². The lowest BCUT2D eigenvalue weighted by Gasteiger charge is -2.31. The third-order valence-corrected chi connectivity index (χ3v) is 4.04. The lowest BCUT2D eigenvalue weighted by atomic mass is 9.97. The Hall–Kier alpha value is -2.76. The van der Waals surface area contributed by atoms with Gasteiger partial charge in [0.1, 0.15) is 23.3 Å². The number of H-pyrrole nitrogens is 2. The number of alkyl halides is 3. The molecule has 0 saturated carbocycles. The van der Waals surface area contributed by atoms with Crippen LogP contribution in [-0.2, 0) is 6.18 Å². The fourth-order valence-electron chi connectivity index (χ4n) is 2.83. The lowest BCUT2D eigenvalue weighted by molar-refractivity contribution is -0.141. The molecule has 24 heavy (non-hydrogen) atoms. The number of likely N-dealkylation sites (tertiary alicyclic amines) is 1. The summed E-state index contributed by atoms with van der Waals surface area (Å²) in [7, 11) is 0. The molecule has 2 aromatic rings. The van der Waals surface area contributed by atoms with Crippen LogP contribution in [0.25, 0.3) is 0 Å². The summed E-state index contributed by atoms with van der Waals surface area (Å²) in [6.45, 7) is 0.799. The first-order valence-electron chi connectivity index (χ1n) is 7.38. The van der Waals surface area contributed by atoms with Crippen molar-refractivity contribution in [1.82, 2.24) is 19.9 Å². The third kappa shape index (κ3) is 3.13. The molecule has 6 nitrogen and oxygen atoms in total. The van der Waals surface area contributed by atoms with Gasteiger partial charge in [0.25, 0.3) is 5.91 Å². The third-order valence-electron chi connectivity index (χ3n) is 4.04. The van der Waals surface area contributed by atoms with Crippen LogP contribution in [0.5, 0.6) is 0 Å². The number of carbonyl (C=O) groups is 1. The molecular weight excluding hydrogens is 323 g/mol. The second kappa shape index (κ2) is 6.03. The molecule has 0 spiro atoms. The minimum Gasteiger partial charge on any atom is -0.356 e. The van der Waals surface area contributed by atoms with E-state index in [1.807, 2.05) is 6.07 Å². The highest BCUT2D eigenvalue weighted by Crippen LogP contribution is 2.31. The van der Waals surface area contributed by atoms with E-state index in [0.717, 1.165) is 6.20 Å². The zero-order valence-electron chi connectivity index (χ0n) is 12.5. The largest absolute Gasteiger partial charge is 0.432 e. The smallest absolute Gasteiger partial charge is 0.356 e. The Morgan fingerprint density at radius 1 is 1.46 bits per heavy atom. The van der Waals surface area contributed by atoms with E-state index in [-0.39, 0.29) is 24.2 Å². The first kappa shape index (κ1) is 16.1. The minimum absolute atomic E-state index is 0.240. The van der Waals surface area contributed by atoms with E-state index in [2.05, 4.69) is 15.0 Å². The zero-order chi connectivity index (χ0) is 17.3. The van der Waals surface area contributed by atoms with E-state index in [0.29, 0.717) is 30.6 Å². The van der Waals surface area contributed by atoms with Crippen LogP contribution in [0.4, 0.5) is 13.2 Å². The maximum Gasteiger partial charge on any atom is 0.432 e. The maximum absolute atomic E-state index is 12.7. The first-order valence-corrected chi connectivity index (χ1v) is 7.38. The van der Waals surface area contributed by atoms with Gasteiger partial charge >= 0.3 is 6.18 Å². The van der Waals surface area contributed by atoms with Gasteiger partial charge in [0.05, 0.1) is 11.8 Å². The normalized spacial score (nSPS) is 18.4. The molecule has 0 aromatic carbocycles. The van der Waals surface area contributed by atoms with E-state index >= 15 is 0 Å². The number of carbonyl (C=O) groups excluding carboxylic acids is 1. The van der Waals surface area contributed by atoms with Crippen molar-refractivity contribution in [2.24, 2.45) is 0 Å². The summed E-state index contributed by atoms with van der Waals surface area (Å²) in [6, 6.07) is 3.39. The molecule has 126 valence electrons. The van der Waals surface area contributed by atoms with Gasteiger partial charge in [-0.05, 0) is 18.9 Å². The molecule has 1 unspecified atom stereocenters. The van der Waals surface area contributed by atoms with Crippen molar-refractivity contribution in [2.75, 3.05) is 13.1 Å². The predicted octanol–water partition coefficient (Wildman–Crippen LogP) is 2.65. The molecule has 1 aliphatic heterocycles. The minimum atomic E-state index is -4.46. The molecule has 2 aromatic heterocycles. The zero-order valence-corrected chi connectivity index (χ0v) is 12.5. The lowest BCUT2D eigenvalue weighted by Crippen LogP contribution is -2.39. The summed E-state index contributed by atoms with van der Waals surface area (Å²) in [5, 5.41) is 8.80. The number of nitrogens with one attached hydrogen (secondary N) is 2. The fourth-order valence-corrected chi connectivity index (χ4v) is 2.83. The van der Waals surface area contributed by atoms with Crippen LogP contribution in [0.2, 0.25) is 0 Å². The molecule has 2 N–H and O–H groups in total. The number of aromatic amines is 2. The average molecular weight is 337 g/mol. The summed E-state index contributed by atoms with van der Waals surface area (Å²) in [5.74, 6) is -0.308. The average Bonchev–Trinajstić information content (AvgIpc) is 3.23. The number of rotatable bonds is 2. The summed E-state index contributed by atoms with van der Waals surface area (Å²) < 4.78 is 38.0. The number of nitrogens with zero attached hydrogens (tertiary/aromatic N) is 3. The summed E-state index contributed by atoms with van der Waals surface area (Å²) in [4.78, 5) is 22.9. The standard InChI is InChI=1S/C15H14F3N5O/c16-15(17,18)12-7-21-13(22-12)10-2-1-3-23(8-10)14(24)11-4-9(5-19)6-20-11/h4,6-7,10,20H,1-3,8H2,(H,21,22). The number of halogens is 3. The van der Waals surface area contributed by atoms with Crippen molar-refractivity contribution >= 4 is 5.91 Å². The van der Waals surface area contributed by atoms with E-state index in [1.54, 1.807) is 4.90 Å². The van der Waals surface area contributed by atoms with Gasteiger partial charge in [-0.25, -0.2) is 4.98 Å². The van der Waals surface area contributed by atoms with Crippen molar-refractivity contribution in [2.45, 2.75) is 24.9 Å². The highest BCUT2D eigenvalue weighted by molar-refractivity contribution is 5.93. The Morgan fingerprint density at radius 2 is 2.25 bits per heavy atom. The van der Waals surface area contributed by atoms with Gasteiger partial charge in [-0.15, -0.1) is 0 Å². The number of imidazole rings is 1. The molecule has 0 radical (unpaired) electrons. The van der Waals surface area contributed by atoms with Gasteiger partial charge in [0.15, 0.2) is 0 Å². The van der Waals surface area contributed by atoms with Crippen molar-refractivity contribution < 1.29 is 18.0 Å². The van der Waals surface area contributed by atoms with Crippen LogP contribution in [0, 0.1) is 11.3 Å². The van der Waals surface area contributed by atoms with Crippen LogP contribution in [-0.4, -0.2) is 38.8 Å². The highest BCUT2D eigenvalue weighted by Gasteiger charge is 2.35. The molecule has 3 rings (SSSR count). The topological polar surface area (TPSA) is 88.6 Å². The van der Waals surface area contributed by atoms with Gasteiger partial charge < -0.3 is 14.9 Å². The molecule has 1 aliphatic rings. The molecule has 1 saturated heterocycles. The van der Waals surface area contributed by atoms with Crippen molar-refractivity contribution in [1.29, 1.82) is 5.26 Å². The predicted molar refractivity (Wildman–Crippen MR) is 77.0 cm³/mol. The number of nitriles is 1. The number of hydrogen-bond donors (Lipinski definition) is 2. The van der Waals surface area contributed by atoms with Crippen LogP contribution >= 0.6 is 0 Å². The summed E-state index contributed by atoms with van der Waals surface area (Å²) in [5.41, 5.74) is -0.237. The Labute approximate surface area is 135 Å². The number of piperidine rings is 1. The summed E-state index contributed by atoms with van der Waals surface area (Å²) >= 11 is 0. The number of aromatic nitrogens is 3. The molecule has 1 fully saturated rings. The Balaban J connectivity index is 1.73. The monoisotopic (exact) mass is 337 g/mol. The maximum atomic E-state index is 12.7. The van der Waals surface area contributed by atoms with Gasteiger partial charge in [-0.2, -0.15) is 18.4 Å². The molecule has 0 bridgehead atoms. The van der Waals surface area contributed by atoms with Crippen LogP contribution in [0.1, 0.15) is 46.3 Å². The molecule has 1 atom stereocenters. The van der Waals surface area contributed by atoms with Gasteiger partial charge in [-0.3, -0.25) is 4.79 Å². The number of amides is 1. The van der Waals surface area contributed by atoms with E-state index in [4.69, 9.17) is 5.26 Å². The van der Waals surface area contributed by atoms with E-state index < -0.39 is 11.9 Å². The van der Waals surface area contributed by atoms with E-state index in [1.165, 1.54) is 12.3 Å². The first-order chi connectivity index (χ1) is 11.4. The van der Waals surface area contributed by atoms with Crippen molar-refractivity contribution in [3.8, 4) is 6.07 Å². The Morgan fingerprint density at radius 3 is 2.88 bits per heavy atom. The fraction of sp³-hybridized carbons (Fsp3) is 0.400. The van der Waals surface area contributed by atoms with Crippen LogP contribution in [0.3, 0.4) is 0 Å². The highest BCUT2D eigenvalue weighted by atomic mass is 19.4. The molecule has 3 heterocycles. The van der Waals surface area contributed by atoms with Crippen molar-refractivity contribution in [3.05, 3.63) is 41.2 Å². The van der Waals surface area contributed by atoms with Crippen LogP contribution < -0.4 is 0 Å². The Kier molecular flexibility index (Phi) is 4.05. The van der Waals surface area contributed by atoms with Gasteiger partial charge in [0, 0.05) is 25.2 Å².